The molecule has 1 aromatic rings. The van der Waals surface area contributed by atoms with Gasteiger partial charge in [0, 0.05) is 6.07 Å². The van der Waals surface area contributed by atoms with Crippen LogP contribution in [0.15, 0.2) is 12.1 Å². The van der Waals surface area contributed by atoms with Crippen LogP contribution in [0.5, 0.6) is 0 Å². The Labute approximate surface area is 59.6 Å². The Morgan fingerprint density at radius 1 is 1.45 bits per heavy atom. The van der Waals surface area contributed by atoms with Crippen molar-refractivity contribution in [1.82, 2.24) is 4.98 Å². The van der Waals surface area contributed by atoms with Gasteiger partial charge >= 0.3 is 11.8 Å². The molecule has 0 N–H and O–H groups in total. The minimum absolute atomic E-state index is 0.653. The van der Waals surface area contributed by atoms with Crippen molar-refractivity contribution >= 4 is 5.82 Å². The number of nitro groups is 1. The molecule has 0 radical (unpaired) electrons. The monoisotopic (exact) mass is 160 g/mol. The summed E-state index contributed by atoms with van der Waals surface area (Å²) in [5, 5.41) is 9.92. The van der Waals surface area contributed by atoms with E-state index in [-0.39, 0.29) is 0 Å². The number of rotatable bonds is 1. The SMILES string of the molecule is O=[N+]([O-])c1ccc(F)c(F)n1. The van der Waals surface area contributed by atoms with Crippen LogP contribution in [0, 0.1) is 21.9 Å². The van der Waals surface area contributed by atoms with E-state index in [4.69, 9.17) is 0 Å². The van der Waals surface area contributed by atoms with Gasteiger partial charge in [-0.1, -0.05) is 0 Å². The van der Waals surface area contributed by atoms with E-state index in [1.807, 2.05) is 0 Å². The van der Waals surface area contributed by atoms with Gasteiger partial charge in [-0.15, -0.1) is 0 Å². The molecule has 0 saturated heterocycles. The molecule has 0 amide bonds. The van der Waals surface area contributed by atoms with Crippen molar-refractivity contribution in [1.29, 1.82) is 0 Å². The summed E-state index contributed by atoms with van der Waals surface area (Å²) in [6, 6.07) is 1.44. The first-order valence-corrected chi connectivity index (χ1v) is 2.57. The van der Waals surface area contributed by atoms with Crippen molar-refractivity contribution in [2.75, 3.05) is 0 Å². The van der Waals surface area contributed by atoms with Crippen LogP contribution in [0.1, 0.15) is 0 Å². The van der Waals surface area contributed by atoms with Gasteiger partial charge in [0.15, 0.2) is 0 Å². The first-order chi connectivity index (χ1) is 5.11. The van der Waals surface area contributed by atoms with Crippen molar-refractivity contribution in [3.05, 3.63) is 34.0 Å². The van der Waals surface area contributed by atoms with Crippen LogP contribution < -0.4 is 0 Å². The normalized spacial score (nSPS) is 9.64. The molecule has 0 fully saturated rings. The van der Waals surface area contributed by atoms with E-state index < -0.39 is 22.5 Å². The highest BCUT2D eigenvalue weighted by atomic mass is 19.2. The molecular formula is C5H2F2N2O2. The largest absolute Gasteiger partial charge is 0.367 e. The van der Waals surface area contributed by atoms with Crippen molar-refractivity contribution in [3.8, 4) is 0 Å². The lowest BCUT2D eigenvalue weighted by Gasteiger charge is -1.89. The number of nitrogens with zero attached hydrogens (tertiary/aromatic N) is 2. The van der Waals surface area contributed by atoms with Gasteiger partial charge in [0.05, 0.1) is 0 Å². The molecule has 1 rings (SSSR count). The van der Waals surface area contributed by atoms with Crippen LogP contribution >= 0.6 is 0 Å². The van der Waals surface area contributed by atoms with Gasteiger partial charge in [-0.25, -0.2) is 0 Å². The lowest BCUT2D eigenvalue weighted by atomic mass is 10.4. The maximum Gasteiger partial charge on any atom is 0.367 e. The average molecular weight is 160 g/mol. The second kappa shape index (κ2) is 2.57. The molecule has 0 bridgehead atoms. The second-order valence-corrected chi connectivity index (χ2v) is 1.70. The predicted octanol–water partition coefficient (Wildman–Crippen LogP) is 1.27. The summed E-state index contributed by atoms with van der Waals surface area (Å²) in [5.41, 5.74) is 0. The fourth-order valence-electron chi connectivity index (χ4n) is 0.509. The predicted molar refractivity (Wildman–Crippen MR) is 30.8 cm³/mol. The van der Waals surface area contributed by atoms with E-state index in [0.717, 1.165) is 6.07 Å². The summed E-state index contributed by atoms with van der Waals surface area (Å²) >= 11 is 0. The molecule has 0 spiro atoms. The molecule has 0 aliphatic rings. The summed E-state index contributed by atoms with van der Waals surface area (Å²) in [6.07, 6.45) is 0. The van der Waals surface area contributed by atoms with Crippen LogP contribution in [-0.2, 0) is 0 Å². The maximum atomic E-state index is 12.1. The highest BCUT2D eigenvalue weighted by molar-refractivity contribution is 5.18. The topological polar surface area (TPSA) is 56.0 Å². The second-order valence-electron chi connectivity index (χ2n) is 1.70. The van der Waals surface area contributed by atoms with Crippen LogP contribution in [-0.4, -0.2) is 9.91 Å². The fourth-order valence-corrected chi connectivity index (χ4v) is 0.509. The molecule has 6 heteroatoms. The van der Waals surface area contributed by atoms with Crippen LogP contribution in [0.4, 0.5) is 14.6 Å². The summed E-state index contributed by atoms with van der Waals surface area (Å²) in [4.78, 5) is 11.7. The van der Waals surface area contributed by atoms with E-state index in [0.29, 0.717) is 6.07 Å². The van der Waals surface area contributed by atoms with Crippen molar-refractivity contribution in [2.45, 2.75) is 0 Å². The summed E-state index contributed by atoms with van der Waals surface area (Å²) in [5.74, 6) is -3.36. The van der Waals surface area contributed by atoms with Gasteiger partial charge in [-0.05, 0) is 16.0 Å². The van der Waals surface area contributed by atoms with Crippen molar-refractivity contribution in [3.63, 3.8) is 0 Å². The zero-order chi connectivity index (χ0) is 8.43. The minimum atomic E-state index is -1.46. The number of aromatic nitrogens is 1. The van der Waals surface area contributed by atoms with Gasteiger partial charge < -0.3 is 10.1 Å². The molecule has 0 aromatic carbocycles. The zero-order valence-electron chi connectivity index (χ0n) is 5.12. The van der Waals surface area contributed by atoms with E-state index in [9.17, 15) is 18.9 Å². The van der Waals surface area contributed by atoms with Crippen molar-refractivity contribution in [2.24, 2.45) is 0 Å². The Morgan fingerprint density at radius 2 is 2.09 bits per heavy atom. The summed E-state index contributed by atoms with van der Waals surface area (Å²) in [6.45, 7) is 0. The number of hydrogen-bond donors (Lipinski definition) is 0. The number of hydrogen-bond acceptors (Lipinski definition) is 3. The lowest BCUT2D eigenvalue weighted by molar-refractivity contribution is -0.390. The van der Waals surface area contributed by atoms with E-state index >= 15 is 0 Å². The molecule has 58 valence electrons. The smallest absolute Gasteiger partial charge is 0.358 e. The van der Waals surface area contributed by atoms with E-state index in [1.165, 1.54) is 0 Å². The molecule has 0 unspecified atom stereocenters. The van der Waals surface area contributed by atoms with E-state index in [1.54, 1.807) is 0 Å². The minimum Gasteiger partial charge on any atom is -0.358 e. The Kier molecular flexibility index (Phi) is 1.75. The molecular weight excluding hydrogens is 158 g/mol. The van der Waals surface area contributed by atoms with Gasteiger partial charge in [-0.3, -0.25) is 0 Å². The average Bonchev–Trinajstić information content (AvgIpc) is 1.94. The Bertz CT molecular complexity index is 303. The molecule has 11 heavy (non-hydrogen) atoms. The molecule has 0 aliphatic carbocycles. The standard InChI is InChI=1S/C5H2F2N2O2/c6-3-1-2-4(9(10)11)8-5(3)7/h1-2H. The third-order valence-corrected chi connectivity index (χ3v) is 0.976. The summed E-state index contributed by atoms with van der Waals surface area (Å²) in [7, 11) is 0. The number of pyridine rings is 1. The van der Waals surface area contributed by atoms with Crippen molar-refractivity contribution < 1.29 is 13.7 Å². The molecule has 1 heterocycles. The van der Waals surface area contributed by atoms with Gasteiger partial charge in [-0.2, -0.15) is 8.78 Å². The van der Waals surface area contributed by atoms with Crippen LogP contribution in [0.25, 0.3) is 0 Å². The van der Waals surface area contributed by atoms with Gasteiger partial charge in [0.25, 0.3) is 0 Å². The van der Waals surface area contributed by atoms with E-state index in [2.05, 4.69) is 4.98 Å². The van der Waals surface area contributed by atoms with Gasteiger partial charge in [0.2, 0.25) is 5.82 Å². The molecule has 1 aromatic heterocycles. The molecule has 0 aliphatic heterocycles. The molecule has 0 atom stereocenters. The van der Waals surface area contributed by atoms with Crippen LogP contribution in [0.2, 0.25) is 0 Å². The molecule has 0 saturated carbocycles. The number of halogens is 2. The fraction of sp³-hybridized carbons (Fsp3) is 0. The Hall–Kier alpha value is -1.59. The van der Waals surface area contributed by atoms with Gasteiger partial charge in [0.1, 0.15) is 0 Å². The zero-order valence-corrected chi connectivity index (χ0v) is 5.12. The van der Waals surface area contributed by atoms with Crippen LogP contribution in [0.3, 0.4) is 0 Å². The Morgan fingerprint density at radius 3 is 2.55 bits per heavy atom. The summed E-state index contributed by atoms with van der Waals surface area (Å²) < 4.78 is 24.3. The highest BCUT2D eigenvalue weighted by Crippen LogP contribution is 2.09. The third-order valence-electron chi connectivity index (χ3n) is 0.976. The maximum absolute atomic E-state index is 12.1. The first kappa shape index (κ1) is 7.52. The third kappa shape index (κ3) is 1.46. The highest BCUT2D eigenvalue weighted by Gasteiger charge is 2.13. The quantitative estimate of drug-likeness (QED) is 0.353. The first-order valence-electron chi connectivity index (χ1n) is 2.57. The molecule has 4 nitrogen and oxygen atoms in total. The lowest BCUT2D eigenvalue weighted by Crippen LogP contribution is -1.96. The Balaban J connectivity index is 3.15.